The summed E-state index contributed by atoms with van der Waals surface area (Å²) < 4.78 is 1.61. The standard InChI is InChI=1S/C15H14BClN4O/c1-9(8-22)19-14-6-13(10-4-2-3-5-12(10)17)20-15-11(16)7-18-21(14)15/h2-7,9,19,22H,8H2,1H3/t9-/m1/s1. The Morgan fingerprint density at radius 2 is 2.18 bits per heavy atom. The molecule has 2 aromatic heterocycles. The fourth-order valence-corrected chi connectivity index (χ4v) is 2.42. The van der Waals surface area contributed by atoms with Crippen LogP contribution in [0.2, 0.25) is 5.02 Å². The summed E-state index contributed by atoms with van der Waals surface area (Å²) in [6, 6.07) is 9.18. The van der Waals surface area contributed by atoms with Crippen molar-refractivity contribution in [3.63, 3.8) is 0 Å². The minimum Gasteiger partial charge on any atom is -0.394 e. The molecule has 0 spiro atoms. The number of rotatable bonds is 4. The molecule has 0 unspecified atom stereocenters. The van der Waals surface area contributed by atoms with E-state index in [-0.39, 0.29) is 12.6 Å². The zero-order valence-electron chi connectivity index (χ0n) is 12.0. The monoisotopic (exact) mass is 312 g/mol. The van der Waals surface area contributed by atoms with Gasteiger partial charge in [-0.25, -0.2) is 4.98 Å². The summed E-state index contributed by atoms with van der Waals surface area (Å²) in [6.07, 6.45) is 1.55. The normalized spacial score (nSPS) is 12.5. The van der Waals surface area contributed by atoms with E-state index in [1.165, 1.54) is 0 Å². The van der Waals surface area contributed by atoms with Gasteiger partial charge in [0, 0.05) is 28.9 Å². The molecule has 0 bridgehead atoms. The molecule has 1 aromatic carbocycles. The van der Waals surface area contributed by atoms with Crippen LogP contribution in [0.3, 0.4) is 0 Å². The van der Waals surface area contributed by atoms with Crippen LogP contribution in [0, 0.1) is 0 Å². The average Bonchev–Trinajstić information content (AvgIpc) is 2.89. The van der Waals surface area contributed by atoms with E-state index >= 15 is 0 Å². The average molecular weight is 313 g/mol. The number of fused-ring (bicyclic) bond motifs is 1. The van der Waals surface area contributed by atoms with Gasteiger partial charge in [0.15, 0.2) is 5.65 Å². The number of aliphatic hydroxyl groups is 1. The van der Waals surface area contributed by atoms with E-state index in [0.717, 1.165) is 5.56 Å². The van der Waals surface area contributed by atoms with Crippen molar-refractivity contribution in [2.75, 3.05) is 11.9 Å². The van der Waals surface area contributed by atoms with Crippen LogP contribution in [0.4, 0.5) is 5.82 Å². The van der Waals surface area contributed by atoms with E-state index < -0.39 is 0 Å². The highest BCUT2D eigenvalue weighted by atomic mass is 35.5. The van der Waals surface area contributed by atoms with E-state index in [4.69, 9.17) is 19.4 Å². The van der Waals surface area contributed by atoms with Gasteiger partial charge in [-0.3, -0.25) is 0 Å². The van der Waals surface area contributed by atoms with Crippen molar-refractivity contribution in [3.8, 4) is 11.3 Å². The maximum absolute atomic E-state index is 9.25. The van der Waals surface area contributed by atoms with E-state index in [2.05, 4.69) is 15.4 Å². The third-order valence-electron chi connectivity index (χ3n) is 3.32. The van der Waals surface area contributed by atoms with Crippen LogP contribution in [0.25, 0.3) is 16.9 Å². The zero-order chi connectivity index (χ0) is 15.7. The van der Waals surface area contributed by atoms with Crippen LogP contribution in [0.1, 0.15) is 6.92 Å². The molecule has 2 N–H and O–H groups in total. The van der Waals surface area contributed by atoms with Gasteiger partial charge in [-0.15, -0.1) is 0 Å². The van der Waals surface area contributed by atoms with E-state index in [1.807, 2.05) is 37.3 Å². The van der Waals surface area contributed by atoms with Crippen LogP contribution in [0.5, 0.6) is 0 Å². The number of halogens is 1. The highest BCUT2D eigenvalue weighted by molar-refractivity contribution is 6.36. The lowest BCUT2D eigenvalue weighted by Crippen LogP contribution is -2.21. The zero-order valence-corrected chi connectivity index (χ0v) is 12.7. The van der Waals surface area contributed by atoms with Crippen molar-refractivity contribution in [2.24, 2.45) is 0 Å². The lowest BCUT2D eigenvalue weighted by Gasteiger charge is -2.15. The minimum atomic E-state index is -0.130. The Hall–Kier alpha value is -2.05. The first kappa shape index (κ1) is 14.9. The first-order valence-corrected chi connectivity index (χ1v) is 7.24. The Labute approximate surface area is 134 Å². The maximum atomic E-state index is 9.25. The first-order valence-electron chi connectivity index (χ1n) is 6.86. The number of hydrogen-bond acceptors (Lipinski definition) is 4. The number of aromatic nitrogens is 3. The minimum absolute atomic E-state index is 0.00198. The first-order chi connectivity index (χ1) is 10.6. The van der Waals surface area contributed by atoms with Crippen molar-refractivity contribution in [3.05, 3.63) is 41.6 Å². The molecule has 0 saturated heterocycles. The topological polar surface area (TPSA) is 62.5 Å². The van der Waals surface area contributed by atoms with Gasteiger partial charge in [-0.2, -0.15) is 9.61 Å². The highest BCUT2D eigenvalue weighted by Crippen LogP contribution is 2.28. The lowest BCUT2D eigenvalue weighted by atomic mass is 10.0. The molecule has 1 atom stereocenters. The fraction of sp³-hybridized carbons (Fsp3) is 0.200. The number of nitrogens with one attached hydrogen (secondary N) is 1. The molecule has 22 heavy (non-hydrogen) atoms. The molecular formula is C15H14BClN4O. The second-order valence-corrected chi connectivity index (χ2v) is 5.48. The molecule has 110 valence electrons. The lowest BCUT2D eigenvalue weighted by molar-refractivity contribution is 0.281. The van der Waals surface area contributed by atoms with Crippen LogP contribution >= 0.6 is 11.6 Å². The maximum Gasteiger partial charge on any atom is 0.150 e. The predicted octanol–water partition coefficient (Wildman–Crippen LogP) is 1.64. The Morgan fingerprint density at radius 3 is 2.91 bits per heavy atom. The van der Waals surface area contributed by atoms with E-state index in [0.29, 0.717) is 27.6 Å². The summed E-state index contributed by atoms with van der Waals surface area (Å²) in [5, 5.41) is 17.3. The summed E-state index contributed by atoms with van der Waals surface area (Å²) in [5.41, 5.74) is 2.53. The molecular weight excluding hydrogens is 298 g/mol. The Morgan fingerprint density at radius 1 is 1.41 bits per heavy atom. The Kier molecular flexibility index (Phi) is 4.05. The van der Waals surface area contributed by atoms with Gasteiger partial charge in [-0.05, 0) is 18.5 Å². The van der Waals surface area contributed by atoms with Crippen LogP contribution in [-0.2, 0) is 0 Å². The fourth-order valence-electron chi connectivity index (χ4n) is 2.19. The van der Waals surface area contributed by atoms with Gasteiger partial charge < -0.3 is 10.4 Å². The number of anilines is 1. The molecule has 0 amide bonds. The molecule has 7 heteroatoms. The van der Waals surface area contributed by atoms with Gasteiger partial charge in [0.25, 0.3) is 0 Å². The molecule has 2 heterocycles. The molecule has 2 radical (unpaired) electrons. The molecule has 3 rings (SSSR count). The number of benzene rings is 1. The van der Waals surface area contributed by atoms with Gasteiger partial charge in [0.1, 0.15) is 13.7 Å². The summed E-state index contributed by atoms with van der Waals surface area (Å²) >= 11 is 6.25. The molecule has 0 aliphatic heterocycles. The highest BCUT2D eigenvalue weighted by Gasteiger charge is 2.13. The van der Waals surface area contributed by atoms with Crippen molar-refractivity contribution < 1.29 is 5.11 Å². The van der Waals surface area contributed by atoms with Gasteiger partial charge >= 0.3 is 0 Å². The van der Waals surface area contributed by atoms with Gasteiger partial charge in [0.2, 0.25) is 0 Å². The van der Waals surface area contributed by atoms with Crippen molar-refractivity contribution in [2.45, 2.75) is 13.0 Å². The van der Waals surface area contributed by atoms with Crippen LogP contribution < -0.4 is 10.8 Å². The van der Waals surface area contributed by atoms with Crippen LogP contribution in [0.15, 0.2) is 36.5 Å². The predicted molar refractivity (Wildman–Crippen MR) is 89.0 cm³/mol. The Bertz CT molecular complexity index is 820. The van der Waals surface area contributed by atoms with Crippen molar-refractivity contribution >= 4 is 36.4 Å². The largest absolute Gasteiger partial charge is 0.394 e. The van der Waals surface area contributed by atoms with Gasteiger partial charge in [-0.1, -0.05) is 29.8 Å². The van der Waals surface area contributed by atoms with Crippen LogP contribution in [-0.4, -0.2) is 40.2 Å². The number of nitrogens with zero attached hydrogens (tertiary/aromatic N) is 3. The molecule has 0 saturated carbocycles. The van der Waals surface area contributed by atoms with E-state index in [1.54, 1.807) is 10.7 Å². The molecule has 5 nitrogen and oxygen atoms in total. The Balaban J connectivity index is 2.19. The smallest absolute Gasteiger partial charge is 0.150 e. The third kappa shape index (κ3) is 2.67. The number of aliphatic hydroxyl groups excluding tert-OH is 1. The van der Waals surface area contributed by atoms with E-state index in [9.17, 15) is 5.11 Å². The third-order valence-corrected chi connectivity index (χ3v) is 3.65. The second-order valence-electron chi connectivity index (χ2n) is 5.07. The van der Waals surface area contributed by atoms with Crippen molar-refractivity contribution in [1.82, 2.24) is 14.6 Å². The number of hydrogen-bond donors (Lipinski definition) is 2. The summed E-state index contributed by atoms with van der Waals surface area (Å²) in [7, 11) is 5.94. The summed E-state index contributed by atoms with van der Waals surface area (Å²) in [5.74, 6) is 0.693. The second kappa shape index (κ2) is 5.98. The quantitative estimate of drug-likeness (QED) is 0.719. The van der Waals surface area contributed by atoms with Crippen molar-refractivity contribution in [1.29, 1.82) is 0 Å². The summed E-state index contributed by atoms with van der Waals surface area (Å²) in [6.45, 7) is 1.87. The molecule has 0 fully saturated rings. The van der Waals surface area contributed by atoms with Gasteiger partial charge in [0.05, 0.1) is 12.3 Å². The SMILES string of the molecule is [B]c1cnn2c(N[C@H](C)CO)cc(-c3ccccc3Cl)nc12. The molecule has 3 aromatic rings. The molecule has 0 aliphatic rings. The summed E-state index contributed by atoms with van der Waals surface area (Å²) in [4.78, 5) is 4.55. The molecule has 0 aliphatic carbocycles.